The molecule has 0 aromatic carbocycles. The molecular weight excluding hydrogens is 196 g/mol. The maximum atomic E-state index is 5.86. The second kappa shape index (κ2) is 5.34. The maximum Gasteiger partial charge on any atom is 0.0264 e. The van der Waals surface area contributed by atoms with E-state index in [0.717, 1.165) is 11.8 Å². The molecule has 14 heavy (non-hydrogen) atoms. The molecule has 2 saturated heterocycles. The Morgan fingerprint density at radius 3 is 2.36 bits per heavy atom. The van der Waals surface area contributed by atoms with Gasteiger partial charge in [0.1, 0.15) is 0 Å². The fraction of sp³-hybridized carbons (Fsp3) is 1.00. The van der Waals surface area contributed by atoms with E-state index in [1.807, 2.05) is 0 Å². The van der Waals surface area contributed by atoms with E-state index < -0.39 is 0 Å². The molecule has 1 atom stereocenters. The van der Waals surface area contributed by atoms with Gasteiger partial charge >= 0.3 is 0 Å². The van der Waals surface area contributed by atoms with Gasteiger partial charge in [0, 0.05) is 25.5 Å². The molecule has 2 nitrogen and oxygen atoms in total. The van der Waals surface area contributed by atoms with Crippen LogP contribution in [0.4, 0.5) is 0 Å². The van der Waals surface area contributed by atoms with Gasteiger partial charge < -0.3 is 9.80 Å². The van der Waals surface area contributed by atoms with Crippen molar-refractivity contribution in [2.75, 3.05) is 45.1 Å². The Kier molecular flexibility index (Phi) is 4.09. The fourth-order valence-corrected chi connectivity index (χ4v) is 2.78. The van der Waals surface area contributed by atoms with Crippen LogP contribution >= 0.6 is 11.6 Å². The van der Waals surface area contributed by atoms with Crippen molar-refractivity contribution < 1.29 is 0 Å². The second-order valence-corrected chi connectivity index (χ2v) is 4.97. The highest BCUT2D eigenvalue weighted by atomic mass is 35.5. The molecular formula is C11H21ClN2. The summed E-state index contributed by atoms with van der Waals surface area (Å²) < 4.78 is 0. The van der Waals surface area contributed by atoms with Crippen molar-refractivity contribution >= 4 is 11.6 Å². The minimum atomic E-state index is 0.759. The van der Waals surface area contributed by atoms with Crippen molar-refractivity contribution in [1.29, 1.82) is 0 Å². The van der Waals surface area contributed by atoms with Gasteiger partial charge in [-0.1, -0.05) is 0 Å². The lowest BCUT2D eigenvalue weighted by Crippen LogP contribution is -2.32. The van der Waals surface area contributed by atoms with E-state index in [4.69, 9.17) is 11.6 Å². The van der Waals surface area contributed by atoms with Crippen LogP contribution in [0.15, 0.2) is 0 Å². The number of nitrogens with zero attached hydrogens (tertiary/aromatic N) is 2. The number of halogens is 1. The highest BCUT2D eigenvalue weighted by Gasteiger charge is 2.22. The summed E-state index contributed by atoms with van der Waals surface area (Å²) in [6, 6.07) is 0. The zero-order valence-corrected chi connectivity index (χ0v) is 9.68. The molecule has 0 aromatic rings. The molecule has 0 aliphatic carbocycles. The van der Waals surface area contributed by atoms with Crippen LogP contribution in [0.25, 0.3) is 0 Å². The van der Waals surface area contributed by atoms with Crippen LogP contribution in [0.1, 0.15) is 19.3 Å². The highest BCUT2D eigenvalue weighted by Crippen LogP contribution is 2.17. The summed E-state index contributed by atoms with van der Waals surface area (Å²) in [5.74, 6) is 1.61. The summed E-state index contributed by atoms with van der Waals surface area (Å²) in [6.45, 7) is 7.69. The first kappa shape index (κ1) is 10.7. The van der Waals surface area contributed by atoms with E-state index in [2.05, 4.69) is 9.80 Å². The smallest absolute Gasteiger partial charge is 0.0264 e. The van der Waals surface area contributed by atoms with Gasteiger partial charge in [-0.3, -0.25) is 0 Å². The first-order chi connectivity index (χ1) is 6.88. The zero-order valence-electron chi connectivity index (χ0n) is 8.92. The molecule has 2 aliphatic rings. The third kappa shape index (κ3) is 2.85. The van der Waals surface area contributed by atoms with Gasteiger partial charge in [0.05, 0.1) is 0 Å². The lowest BCUT2D eigenvalue weighted by molar-refractivity contribution is 0.253. The molecule has 3 heteroatoms. The Bertz CT molecular complexity index is 169. The lowest BCUT2D eigenvalue weighted by atomic mass is 10.2. The second-order valence-electron chi connectivity index (χ2n) is 4.66. The van der Waals surface area contributed by atoms with Crippen molar-refractivity contribution in [2.45, 2.75) is 19.3 Å². The van der Waals surface area contributed by atoms with E-state index in [0.29, 0.717) is 0 Å². The molecule has 0 radical (unpaired) electrons. The molecule has 2 aliphatic heterocycles. The third-order valence-electron chi connectivity index (χ3n) is 3.52. The molecule has 2 rings (SSSR count). The molecule has 82 valence electrons. The summed E-state index contributed by atoms with van der Waals surface area (Å²) in [5.41, 5.74) is 0. The molecule has 0 saturated carbocycles. The van der Waals surface area contributed by atoms with Crippen molar-refractivity contribution in [1.82, 2.24) is 9.80 Å². The molecule has 0 N–H and O–H groups in total. The Balaban J connectivity index is 1.61. The van der Waals surface area contributed by atoms with E-state index in [9.17, 15) is 0 Å². The van der Waals surface area contributed by atoms with Gasteiger partial charge in [-0.15, -0.1) is 11.6 Å². The Morgan fingerprint density at radius 2 is 1.71 bits per heavy atom. The summed E-state index contributed by atoms with van der Waals surface area (Å²) in [4.78, 5) is 5.17. The van der Waals surface area contributed by atoms with E-state index in [1.165, 1.54) is 58.5 Å². The Labute approximate surface area is 92.2 Å². The number of hydrogen-bond acceptors (Lipinski definition) is 2. The van der Waals surface area contributed by atoms with Gasteiger partial charge in [-0.25, -0.2) is 0 Å². The predicted molar refractivity (Wildman–Crippen MR) is 60.9 cm³/mol. The molecule has 0 spiro atoms. The third-order valence-corrected chi connectivity index (χ3v) is 3.96. The van der Waals surface area contributed by atoms with Gasteiger partial charge in [0.15, 0.2) is 0 Å². The minimum Gasteiger partial charge on any atom is -0.302 e. The van der Waals surface area contributed by atoms with Gasteiger partial charge in [0.2, 0.25) is 0 Å². The molecule has 1 unspecified atom stereocenters. The molecule has 2 heterocycles. The fourth-order valence-electron chi connectivity index (χ4n) is 2.53. The summed E-state index contributed by atoms with van der Waals surface area (Å²) >= 11 is 5.86. The van der Waals surface area contributed by atoms with Crippen molar-refractivity contribution in [3.8, 4) is 0 Å². The number of hydrogen-bond donors (Lipinski definition) is 0. The molecule has 0 aromatic heterocycles. The van der Waals surface area contributed by atoms with Crippen LogP contribution < -0.4 is 0 Å². The average molecular weight is 217 g/mol. The van der Waals surface area contributed by atoms with Crippen LogP contribution in [-0.4, -0.2) is 54.9 Å². The Hall–Kier alpha value is 0.210. The predicted octanol–water partition coefficient (Wildman–Crippen LogP) is 1.64. The van der Waals surface area contributed by atoms with Crippen LogP contribution in [0.3, 0.4) is 0 Å². The first-order valence-corrected chi connectivity index (χ1v) is 6.42. The quantitative estimate of drug-likeness (QED) is 0.660. The van der Waals surface area contributed by atoms with E-state index >= 15 is 0 Å². The molecule has 2 fully saturated rings. The van der Waals surface area contributed by atoms with Crippen molar-refractivity contribution in [3.63, 3.8) is 0 Å². The lowest BCUT2D eigenvalue weighted by Gasteiger charge is -2.20. The van der Waals surface area contributed by atoms with E-state index in [-0.39, 0.29) is 0 Å². The molecule has 0 amide bonds. The van der Waals surface area contributed by atoms with Gasteiger partial charge in [-0.05, 0) is 44.8 Å². The highest BCUT2D eigenvalue weighted by molar-refractivity contribution is 6.18. The van der Waals surface area contributed by atoms with Crippen molar-refractivity contribution in [3.05, 3.63) is 0 Å². The largest absolute Gasteiger partial charge is 0.302 e. The van der Waals surface area contributed by atoms with Crippen molar-refractivity contribution in [2.24, 2.45) is 5.92 Å². The van der Waals surface area contributed by atoms with Crippen LogP contribution in [0, 0.1) is 5.92 Å². The molecule has 0 bridgehead atoms. The maximum absolute atomic E-state index is 5.86. The normalized spacial score (nSPS) is 30.2. The van der Waals surface area contributed by atoms with Gasteiger partial charge in [0.25, 0.3) is 0 Å². The minimum absolute atomic E-state index is 0.759. The average Bonchev–Trinajstić information content (AvgIpc) is 2.86. The summed E-state index contributed by atoms with van der Waals surface area (Å²) in [7, 11) is 0. The summed E-state index contributed by atoms with van der Waals surface area (Å²) in [6.07, 6.45) is 4.12. The Morgan fingerprint density at radius 1 is 1.00 bits per heavy atom. The number of likely N-dealkylation sites (tertiary alicyclic amines) is 2. The summed E-state index contributed by atoms with van der Waals surface area (Å²) in [5, 5.41) is 0. The number of alkyl halides is 1. The standard InChI is InChI=1S/C11H21ClN2/c12-9-11-3-6-14(10-11)8-7-13-4-1-2-5-13/h11H,1-10H2. The van der Waals surface area contributed by atoms with E-state index in [1.54, 1.807) is 0 Å². The first-order valence-electron chi connectivity index (χ1n) is 5.89. The van der Waals surface area contributed by atoms with Crippen LogP contribution in [0.5, 0.6) is 0 Å². The van der Waals surface area contributed by atoms with Crippen LogP contribution in [0.2, 0.25) is 0 Å². The monoisotopic (exact) mass is 216 g/mol. The van der Waals surface area contributed by atoms with Gasteiger partial charge in [-0.2, -0.15) is 0 Å². The zero-order chi connectivity index (χ0) is 9.80. The van der Waals surface area contributed by atoms with Crippen LogP contribution in [-0.2, 0) is 0 Å². The topological polar surface area (TPSA) is 6.48 Å². The number of rotatable bonds is 4. The SMILES string of the molecule is ClCC1CCN(CCN2CCCC2)C1.